The maximum Gasteiger partial charge on any atom is 0.422 e. The molecule has 0 saturated heterocycles. The lowest BCUT2D eigenvalue weighted by Crippen LogP contribution is -2.76. The number of hydrogen-bond acceptors (Lipinski definition) is 5. The fourth-order valence-corrected chi connectivity index (χ4v) is 5.53. The van der Waals surface area contributed by atoms with Gasteiger partial charge >= 0.3 is 6.18 Å². The van der Waals surface area contributed by atoms with Gasteiger partial charge in [0.25, 0.3) is 5.92 Å². The van der Waals surface area contributed by atoms with Crippen LogP contribution in [-0.2, 0) is 17.6 Å². The Bertz CT molecular complexity index is 1240. The Morgan fingerprint density at radius 3 is 2.31 bits per heavy atom. The van der Waals surface area contributed by atoms with Crippen molar-refractivity contribution in [2.24, 2.45) is 5.41 Å². The number of ether oxygens (including phenoxy) is 1. The minimum absolute atomic E-state index is 0.0695. The van der Waals surface area contributed by atoms with Crippen LogP contribution in [0.4, 0.5) is 30.7 Å². The Hall–Kier alpha value is -3.22. The lowest BCUT2D eigenvalue weighted by molar-refractivity contribution is -0.347. The molecule has 0 spiro atoms. The largest absolute Gasteiger partial charge is 0.468 e. The van der Waals surface area contributed by atoms with Gasteiger partial charge in [-0.05, 0) is 42.4 Å². The predicted octanol–water partition coefficient (Wildman–Crippen LogP) is 4.54. The van der Waals surface area contributed by atoms with E-state index in [9.17, 15) is 27.1 Å². The smallest absolute Gasteiger partial charge is 0.422 e. The van der Waals surface area contributed by atoms with Gasteiger partial charge in [0, 0.05) is 29.3 Å². The van der Waals surface area contributed by atoms with Crippen molar-refractivity contribution in [2.45, 2.75) is 48.9 Å². The van der Waals surface area contributed by atoms with Crippen molar-refractivity contribution >= 4 is 0 Å². The molecule has 0 unspecified atom stereocenters. The molecule has 1 aromatic carbocycles. The summed E-state index contributed by atoms with van der Waals surface area (Å²) in [5, 5.41) is 15.1. The van der Waals surface area contributed by atoms with Crippen molar-refractivity contribution in [3.05, 3.63) is 71.9 Å². The summed E-state index contributed by atoms with van der Waals surface area (Å²) in [5.41, 5.74) is -5.68. The number of rotatable bonds is 8. The van der Waals surface area contributed by atoms with Crippen molar-refractivity contribution < 1.29 is 40.6 Å². The topological polar surface area (TPSA) is 73.1 Å². The first-order valence-electron chi connectivity index (χ1n) is 10.8. The van der Waals surface area contributed by atoms with Crippen LogP contribution in [0.2, 0.25) is 0 Å². The van der Waals surface area contributed by atoms with Gasteiger partial charge < -0.3 is 9.84 Å². The molecular weight excluding hydrogens is 497 g/mol. The number of nitrogens with zero attached hydrogens (tertiary/aromatic N) is 4. The SMILES string of the molecule is O[C@](Cn1cncn1)(c1ccc(F)cc1F)C(F)(F)C12CC(c3ccc(OCC(F)(F)F)nc3)(C1)C2. The molecule has 3 saturated carbocycles. The Morgan fingerprint density at radius 1 is 1.03 bits per heavy atom. The third-order valence-corrected chi connectivity index (χ3v) is 7.18. The quantitative estimate of drug-likeness (QED) is 0.446. The van der Waals surface area contributed by atoms with Crippen LogP contribution in [0.25, 0.3) is 0 Å². The van der Waals surface area contributed by atoms with Crippen LogP contribution in [0.3, 0.4) is 0 Å². The molecule has 3 aromatic rings. The zero-order chi connectivity index (χ0) is 26.0. The summed E-state index contributed by atoms with van der Waals surface area (Å²) in [4.78, 5) is 7.51. The zero-order valence-electron chi connectivity index (χ0n) is 18.4. The van der Waals surface area contributed by atoms with Crippen LogP contribution in [0.15, 0.2) is 49.2 Å². The number of pyridine rings is 1. The summed E-state index contributed by atoms with van der Waals surface area (Å²) in [5.74, 6) is -6.42. The Balaban J connectivity index is 1.39. The molecule has 192 valence electrons. The average molecular weight is 516 g/mol. The third kappa shape index (κ3) is 3.71. The molecule has 0 radical (unpaired) electrons. The number of aliphatic hydroxyl groups is 1. The first-order valence-corrected chi connectivity index (χ1v) is 10.8. The Labute approximate surface area is 199 Å². The average Bonchev–Trinajstić information content (AvgIpc) is 3.23. The second-order valence-corrected chi connectivity index (χ2v) is 9.53. The first kappa shape index (κ1) is 24.5. The highest BCUT2D eigenvalue weighted by atomic mass is 19.4. The van der Waals surface area contributed by atoms with Crippen LogP contribution in [0, 0.1) is 17.0 Å². The lowest BCUT2D eigenvalue weighted by atomic mass is 9.30. The van der Waals surface area contributed by atoms with Gasteiger partial charge in [-0.3, -0.25) is 0 Å². The number of benzene rings is 1. The predicted molar refractivity (Wildman–Crippen MR) is 109 cm³/mol. The highest BCUT2D eigenvalue weighted by Gasteiger charge is 2.82. The van der Waals surface area contributed by atoms with Gasteiger partial charge in [-0.1, -0.05) is 6.07 Å². The highest BCUT2D eigenvalue weighted by molar-refractivity contribution is 5.42. The van der Waals surface area contributed by atoms with Crippen molar-refractivity contribution in [3.8, 4) is 5.88 Å². The van der Waals surface area contributed by atoms with Crippen LogP contribution in [-0.4, -0.2) is 43.6 Å². The van der Waals surface area contributed by atoms with E-state index in [4.69, 9.17) is 0 Å². The maximum atomic E-state index is 16.1. The molecule has 1 N–H and O–H groups in total. The molecule has 3 aliphatic rings. The molecule has 6 nitrogen and oxygen atoms in total. The normalized spacial score (nSPS) is 25.0. The van der Waals surface area contributed by atoms with Crippen molar-refractivity contribution in [1.82, 2.24) is 19.7 Å². The molecule has 1 atom stereocenters. The van der Waals surface area contributed by atoms with E-state index in [1.807, 2.05) is 0 Å². The van der Waals surface area contributed by atoms with E-state index < -0.39 is 58.9 Å². The Morgan fingerprint density at radius 2 is 1.75 bits per heavy atom. The van der Waals surface area contributed by atoms with Gasteiger partial charge in [-0.15, -0.1) is 0 Å². The summed E-state index contributed by atoms with van der Waals surface area (Å²) in [6, 6.07) is 4.72. The van der Waals surface area contributed by atoms with Gasteiger partial charge in [0.1, 0.15) is 24.3 Å². The lowest BCUT2D eigenvalue weighted by Gasteiger charge is -2.74. The summed E-state index contributed by atoms with van der Waals surface area (Å²) >= 11 is 0. The molecule has 13 heteroatoms. The van der Waals surface area contributed by atoms with Gasteiger partial charge in [-0.2, -0.15) is 18.3 Å². The first-order chi connectivity index (χ1) is 16.8. The summed E-state index contributed by atoms with van der Waals surface area (Å²) in [6.07, 6.45) is -1.28. The fraction of sp³-hybridized carbons (Fsp3) is 0.435. The monoisotopic (exact) mass is 516 g/mol. The summed E-state index contributed by atoms with van der Waals surface area (Å²) < 4.78 is 103. The minimum Gasteiger partial charge on any atom is -0.468 e. The molecule has 0 aliphatic heterocycles. The van der Waals surface area contributed by atoms with Gasteiger partial charge in [0.2, 0.25) is 5.88 Å². The molecule has 2 heterocycles. The molecule has 3 fully saturated rings. The number of alkyl halides is 5. The molecule has 2 aromatic heterocycles. The zero-order valence-corrected chi connectivity index (χ0v) is 18.4. The molecule has 3 aliphatic carbocycles. The second-order valence-electron chi connectivity index (χ2n) is 9.53. The highest BCUT2D eigenvalue weighted by Crippen LogP contribution is 2.80. The molecule has 6 rings (SSSR count). The van der Waals surface area contributed by atoms with Crippen molar-refractivity contribution in [1.29, 1.82) is 0 Å². The minimum atomic E-state index is -4.53. The van der Waals surface area contributed by atoms with Gasteiger partial charge in [-0.25, -0.2) is 32.2 Å². The molecule has 0 amide bonds. The number of hydrogen-bond donors (Lipinski definition) is 1. The molecule has 36 heavy (non-hydrogen) atoms. The van der Waals surface area contributed by atoms with Crippen molar-refractivity contribution in [3.63, 3.8) is 0 Å². The number of aromatic nitrogens is 4. The number of halogens is 7. The fourth-order valence-electron chi connectivity index (χ4n) is 5.53. The van der Waals surface area contributed by atoms with E-state index in [0.29, 0.717) is 11.6 Å². The maximum absolute atomic E-state index is 16.1. The summed E-state index contributed by atoms with van der Waals surface area (Å²) in [7, 11) is 0. The Kier molecular flexibility index (Phi) is 5.36. The van der Waals surface area contributed by atoms with Crippen LogP contribution in [0.5, 0.6) is 5.88 Å². The van der Waals surface area contributed by atoms with Gasteiger partial charge in [0.15, 0.2) is 12.2 Å². The molecular formula is C23H19F7N4O2. The van der Waals surface area contributed by atoms with E-state index in [0.717, 1.165) is 29.5 Å². The van der Waals surface area contributed by atoms with Crippen LogP contribution in [0.1, 0.15) is 30.4 Å². The van der Waals surface area contributed by atoms with E-state index in [2.05, 4.69) is 19.8 Å². The van der Waals surface area contributed by atoms with E-state index in [1.54, 1.807) is 0 Å². The van der Waals surface area contributed by atoms with Crippen LogP contribution >= 0.6 is 0 Å². The summed E-state index contributed by atoms with van der Waals surface area (Å²) in [6.45, 7) is -2.34. The van der Waals surface area contributed by atoms with E-state index in [1.165, 1.54) is 18.3 Å². The third-order valence-electron chi connectivity index (χ3n) is 7.18. The van der Waals surface area contributed by atoms with Crippen LogP contribution < -0.4 is 4.74 Å². The van der Waals surface area contributed by atoms with Gasteiger partial charge in [0.05, 0.1) is 6.54 Å². The van der Waals surface area contributed by atoms with E-state index >= 15 is 8.78 Å². The van der Waals surface area contributed by atoms with E-state index in [-0.39, 0.29) is 25.1 Å². The second kappa shape index (κ2) is 7.89. The van der Waals surface area contributed by atoms with Crippen molar-refractivity contribution in [2.75, 3.05) is 6.61 Å². The molecule has 2 bridgehead atoms. The standard InChI is InChI=1S/C23H19F7N4O2/c24-15-2-3-16(17(25)5-15)21(35,10-34-13-31-12-33-34)23(29,30)20-7-19(8-20,9-20)14-1-4-18(32-6-14)36-11-22(26,27)28/h1-6,12-13,35H,7-11H2/t19?,20?,21-/m1/s1.